The van der Waals surface area contributed by atoms with Gasteiger partial charge in [0.15, 0.2) is 0 Å². The molecule has 3 aliphatic carbocycles. The van der Waals surface area contributed by atoms with Gasteiger partial charge < -0.3 is 5.11 Å². The monoisotopic (exact) mass is 166 g/mol. The highest BCUT2D eigenvalue weighted by Crippen LogP contribution is 2.60. The average Bonchev–Trinajstić information content (AvgIpc) is 2.75. The van der Waals surface area contributed by atoms with Crippen molar-refractivity contribution in [1.29, 1.82) is 0 Å². The number of aliphatic hydroxyl groups is 1. The van der Waals surface area contributed by atoms with Crippen LogP contribution in [0.15, 0.2) is 0 Å². The van der Waals surface area contributed by atoms with Crippen LogP contribution in [0, 0.1) is 29.6 Å². The molecular weight excluding hydrogens is 148 g/mol. The summed E-state index contributed by atoms with van der Waals surface area (Å²) in [6.07, 6.45) is 7.26. The smallest absolute Gasteiger partial charge is 0.0462 e. The van der Waals surface area contributed by atoms with Gasteiger partial charge in [0, 0.05) is 6.61 Å². The van der Waals surface area contributed by atoms with Crippen LogP contribution in [0.5, 0.6) is 0 Å². The first kappa shape index (κ1) is 7.37. The second-order valence-corrected chi connectivity index (χ2v) is 5.10. The van der Waals surface area contributed by atoms with E-state index in [2.05, 4.69) is 0 Å². The third-order valence-corrected chi connectivity index (χ3v) is 4.80. The van der Waals surface area contributed by atoms with Crippen LogP contribution in [-0.4, -0.2) is 11.7 Å². The molecule has 1 N–H and O–H groups in total. The van der Waals surface area contributed by atoms with E-state index >= 15 is 0 Å². The highest BCUT2D eigenvalue weighted by molar-refractivity contribution is 5.02. The summed E-state index contributed by atoms with van der Waals surface area (Å²) in [5.74, 6) is 4.74. The Morgan fingerprint density at radius 1 is 1.00 bits per heavy atom. The standard InChI is InChI=1S/C11H18O/c12-6-8-4-7-5-11(8)10-3-1-2-9(7)10/h7-12H,1-6H2/t7-,8-,9-,10+,11+/m1/s1. The molecule has 0 spiro atoms. The third-order valence-electron chi connectivity index (χ3n) is 4.80. The topological polar surface area (TPSA) is 20.2 Å². The zero-order chi connectivity index (χ0) is 8.13. The second-order valence-electron chi connectivity index (χ2n) is 5.10. The molecule has 0 amide bonds. The fraction of sp³-hybridized carbons (Fsp3) is 1.00. The molecule has 3 rings (SSSR count). The van der Waals surface area contributed by atoms with E-state index in [-0.39, 0.29) is 0 Å². The van der Waals surface area contributed by atoms with E-state index in [0.29, 0.717) is 12.5 Å². The van der Waals surface area contributed by atoms with Crippen LogP contribution >= 0.6 is 0 Å². The molecule has 5 atom stereocenters. The molecular formula is C11H18O. The van der Waals surface area contributed by atoms with E-state index in [1.165, 1.54) is 32.1 Å². The Labute approximate surface area is 74.2 Å². The van der Waals surface area contributed by atoms with Crippen molar-refractivity contribution in [2.75, 3.05) is 6.61 Å². The number of aliphatic hydroxyl groups excluding tert-OH is 1. The minimum absolute atomic E-state index is 0.463. The predicted octanol–water partition coefficient (Wildman–Crippen LogP) is 2.05. The van der Waals surface area contributed by atoms with Crippen LogP contribution in [0.2, 0.25) is 0 Å². The molecule has 1 nitrogen and oxygen atoms in total. The van der Waals surface area contributed by atoms with E-state index < -0.39 is 0 Å². The Kier molecular flexibility index (Phi) is 1.52. The largest absolute Gasteiger partial charge is 0.396 e. The molecule has 0 aromatic rings. The first-order chi connectivity index (χ1) is 5.90. The molecule has 2 bridgehead atoms. The normalized spacial score (nSPS) is 56.2. The van der Waals surface area contributed by atoms with Gasteiger partial charge in [-0.2, -0.15) is 0 Å². The van der Waals surface area contributed by atoms with Gasteiger partial charge in [-0.3, -0.25) is 0 Å². The van der Waals surface area contributed by atoms with Gasteiger partial charge in [-0.1, -0.05) is 6.42 Å². The lowest BCUT2D eigenvalue weighted by Crippen LogP contribution is -2.26. The third kappa shape index (κ3) is 0.783. The first-order valence-electron chi connectivity index (χ1n) is 5.51. The zero-order valence-corrected chi connectivity index (χ0v) is 7.58. The van der Waals surface area contributed by atoms with E-state index in [9.17, 15) is 5.11 Å². The number of hydrogen-bond donors (Lipinski definition) is 1. The van der Waals surface area contributed by atoms with Gasteiger partial charge in [0.1, 0.15) is 0 Å². The molecule has 3 aliphatic rings. The van der Waals surface area contributed by atoms with Gasteiger partial charge in [-0.15, -0.1) is 0 Å². The second kappa shape index (κ2) is 2.47. The molecule has 1 heteroatoms. The maximum atomic E-state index is 9.21. The Morgan fingerprint density at radius 2 is 1.83 bits per heavy atom. The lowest BCUT2D eigenvalue weighted by Gasteiger charge is -2.30. The molecule has 0 saturated heterocycles. The molecule has 68 valence electrons. The van der Waals surface area contributed by atoms with Gasteiger partial charge >= 0.3 is 0 Å². The quantitative estimate of drug-likeness (QED) is 0.632. The zero-order valence-electron chi connectivity index (χ0n) is 7.58. The van der Waals surface area contributed by atoms with Crippen molar-refractivity contribution >= 4 is 0 Å². The Bertz CT molecular complexity index is 187. The summed E-state index contributed by atoms with van der Waals surface area (Å²) in [6.45, 7) is 0.463. The molecule has 0 aromatic heterocycles. The van der Waals surface area contributed by atoms with Crippen LogP contribution < -0.4 is 0 Å². The summed E-state index contributed by atoms with van der Waals surface area (Å²) in [5.41, 5.74) is 0. The lowest BCUT2D eigenvalue weighted by molar-refractivity contribution is 0.121. The lowest BCUT2D eigenvalue weighted by atomic mass is 9.76. The van der Waals surface area contributed by atoms with Crippen LogP contribution in [0.4, 0.5) is 0 Å². The fourth-order valence-corrected chi connectivity index (χ4v) is 4.42. The van der Waals surface area contributed by atoms with Gasteiger partial charge in [0.25, 0.3) is 0 Å². The van der Waals surface area contributed by atoms with Crippen molar-refractivity contribution in [3.63, 3.8) is 0 Å². The number of hydrogen-bond acceptors (Lipinski definition) is 1. The SMILES string of the molecule is OC[C@H]1C[C@@H]2C[C@@H]1[C@H]1CCC[C@H]21. The maximum Gasteiger partial charge on any atom is 0.0462 e. The Balaban J connectivity index is 1.83. The summed E-state index contributed by atoms with van der Waals surface area (Å²) in [7, 11) is 0. The van der Waals surface area contributed by atoms with Crippen molar-refractivity contribution in [3.8, 4) is 0 Å². The van der Waals surface area contributed by atoms with Crippen molar-refractivity contribution in [2.24, 2.45) is 29.6 Å². The minimum atomic E-state index is 0.463. The van der Waals surface area contributed by atoms with E-state index in [4.69, 9.17) is 0 Å². The summed E-state index contributed by atoms with van der Waals surface area (Å²) in [5, 5.41) is 9.21. The molecule has 12 heavy (non-hydrogen) atoms. The van der Waals surface area contributed by atoms with Crippen LogP contribution in [-0.2, 0) is 0 Å². The number of rotatable bonds is 1. The van der Waals surface area contributed by atoms with Crippen LogP contribution in [0.3, 0.4) is 0 Å². The van der Waals surface area contributed by atoms with Gasteiger partial charge in [-0.05, 0) is 55.3 Å². The predicted molar refractivity (Wildman–Crippen MR) is 47.6 cm³/mol. The van der Waals surface area contributed by atoms with Crippen molar-refractivity contribution in [2.45, 2.75) is 32.1 Å². The Morgan fingerprint density at radius 3 is 2.67 bits per heavy atom. The van der Waals surface area contributed by atoms with Gasteiger partial charge in [0.05, 0.1) is 0 Å². The van der Waals surface area contributed by atoms with Crippen LogP contribution in [0.1, 0.15) is 32.1 Å². The van der Waals surface area contributed by atoms with E-state index in [0.717, 1.165) is 23.7 Å². The van der Waals surface area contributed by atoms with E-state index in [1.54, 1.807) is 0 Å². The van der Waals surface area contributed by atoms with Crippen LogP contribution in [0.25, 0.3) is 0 Å². The maximum absolute atomic E-state index is 9.21. The summed E-state index contributed by atoms with van der Waals surface area (Å²) < 4.78 is 0. The molecule has 0 unspecified atom stereocenters. The van der Waals surface area contributed by atoms with Crippen molar-refractivity contribution < 1.29 is 5.11 Å². The molecule has 0 heterocycles. The minimum Gasteiger partial charge on any atom is -0.396 e. The van der Waals surface area contributed by atoms with Crippen molar-refractivity contribution in [3.05, 3.63) is 0 Å². The van der Waals surface area contributed by atoms with Gasteiger partial charge in [0.2, 0.25) is 0 Å². The molecule has 0 aromatic carbocycles. The summed E-state index contributed by atoms with van der Waals surface area (Å²) >= 11 is 0. The fourth-order valence-electron chi connectivity index (χ4n) is 4.42. The highest BCUT2D eigenvalue weighted by atomic mass is 16.3. The highest BCUT2D eigenvalue weighted by Gasteiger charge is 2.53. The molecule has 3 saturated carbocycles. The first-order valence-corrected chi connectivity index (χ1v) is 5.51. The Hall–Kier alpha value is -0.0400. The number of fused-ring (bicyclic) bond motifs is 5. The molecule has 0 radical (unpaired) electrons. The average molecular weight is 166 g/mol. The van der Waals surface area contributed by atoms with Crippen molar-refractivity contribution in [1.82, 2.24) is 0 Å². The van der Waals surface area contributed by atoms with E-state index in [1.807, 2.05) is 0 Å². The molecule has 3 fully saturated rings. The summed E-state index contributed by atoms with van der Waals surface area (Å²) in [4.78, 5) is 0. The van der Waals surface area contributed by atoms with Gasteiger partial charge in [-0.25, -0.2) is 0 Å². The summed E-state index contributed by atoms with van der Waals surface area (Å²) in [6, 6.07) is 0. The molecule has 0 aliphatic heterocycles.